The molecule has 0 aliphatic rings. The van der Waals surface area contributed by atoms with E-state index in [1.165, 1.54) is 36.4 Å². The molecule has 0 spiro atoms. The Hall–Kier alpha value is -3.53. The van der Waals surface area contributed by atoms with Crippen LogP contribution in [-0.4, -0.2) is 20.7 Å². The lowest BCUT2D eigenvalue weighted by Gasteiger charge is -2.14. The molecular formula is C23H21F3N2O4S. The van der Waals surface area contributed by atoms with Gasteiger partial charge in [-0.1, -0.05) is 42.5 Å². The minimum absolute atomic E-state index is 0.0252. The minimum atomic E-state index is -4.83. The van der Waals surface area contributed by atoms with Crippen molar-refractivity contribution in [1.82, 2.24) is 0 Å². The summed E-state index contributed by atoms with van der Waals surface area (Å²) in [4.78, 5) is 12.5. The summed E-state index contributed by atoms with van der Waals surface area (Å²) in [6, 6.07) is 18.2. The zero-order valence-electron chi connectivity index (χ0n) is 17.5. The maximum absolute atomic E-state index is 12.6. The number of nitrogens with one attached hydrogen (secondary N) is 2. The average Bonchev–Trinajstić information content (AvgIpc) is 2.75. The number of ether oxygens (including phenoxy) is 1. The van der Waals surface area contributed by atoms with Gasteiger partial charge in [0.1, 0.15) is 5.75 Å². The summed E-state index contributed by atoms with van der Waals surface area (Å²) in [5, 5.41) is 2.64. The molecule has 0 aromatic heterocycles. The highest BCUT2D eigenvalue weighted by Crippen LogP contribution is 2.27. The summed E-state index contributed by atoms with van der Waals surface area (Å²) in [5.74, 6) is -0.803. The van der Waals surface area contributed by atoms with E-state index in [9.17, 15) is 26.4 Å². The van der Waals surface area contributed by atoms with Crippen LogP contribution < -0.4 is 14.8 Å². The highest BCUT2D eigenvalue weighted by atomic mass is 32.2. The van der Waals surface area contributed by atoms with Gasteiger partial charge in [-0.3, -0.25) is 9.52 Å². The van der Waals surface area contributed by atoms with Crippen LogP contribution in [-0.2, 0) is 21.2 Å². The quantitative estimate of drug-likeness (QED) is 0.462. The lowest BCUT2D eigenvalue weighted by atomic mass is 10.1. The third-order valence-corrected chi connectivity index (χ3v) is 6.02. The second-order valence-electron chi connectivity index (χ2n) is 7.15. The number of para-hydroxylation sites is 1. The van der Waals surface area contributed by atoms with E-state index in [-0.39, 0.29) is 29.1 Å². The van der Waals surface area contributed by atoms with Gasteiger partial charge in [0.15, 0.2) is 0 Å². The molecule has 33 heavy (non-hydrogen) atoms. The summed E-state index contributed by atoms with van der Waals surface area (Å²) < 4.78 is 69.3. The van der Waals surface area contributed by atoms with Crippen molar-refractivity contribution in [3.8, 4) is 5.75 Å². The number of amides is 1. The molecule has 0 aliphatic carbocycles. The molecule has 0 heterocycles. The van der Waals surface area contributed by atoms with Gasteiger partial charge in [-0.2, -0.15) is 0 Å². The van der Waals surface area contributed by atoms with Crippen molar-refractivity contribution in [2.75, 3.05) is 10.0 Å². The molecule has 0 aliphatic heterocycles. The molecule has 0 saturated carbocycles. The van der Waals surface area contributed by atoms with Crippen molar-refractivity contribution in [2.45, 2.75) is 31.0 Å². The first-order chi connectivity index (χ1) is 15.5. The third kappa shape index (κ3) is 6.98. The molecule has 174 valence electrons. The maximum atomic E-state index is 12.6. The first-order valence-electron chi connectivity index (χ1n) is 9.85. The monoisotopic (exact) mass is 478 g/mol. The number of halogens is 3. The lowest BCUT2D eigenvalue weighted by Crippen LogP contribution is -2.18. The number of hydrogen-bond donors (Lipinski definition) is 2. The molecule has 2 N–H and O–H groups in total. The zero-order chi connectivity index (χ0) is 24.1. The number of carbonyl (C=O) groups excluding carboxylic acids is 1. The number of anilines is 2. The highest BCUT2D eigenvalue weighted by Gasteiger charge is 2.32. The van der Waals surface area contributed by atoms with Crippen molar-refractivity contribution >= 4 is 27.3 Å². The summed E-state index contributed by atoms with van der Waals surface area (Å²) >= 11 is 0. The Labute approximate surface area is 189 Å². The molecular weight excluding hydrogens is 457 g/mol. The molecule has 1 amide bonds. The Morgan fingerprint density at radius 3 is 2.33 bits per heavy atom. The van der Waals surface area contributed by atoms with Gasteiger partial charge in [0.25, 0.3) is 10.0 Å². The molecule has 0 radical (unpaired) electrons. The van der Waals surface area contributed by atoms with Gasteiger partial charge in [0, 0.05) is 12.1 Å². The van der Waals surface area contributed by atoms with Gasteiger partial charge in [-0.25, -0.2) is 8.42 Å². The molecule has 3 aromatic rings. The van der Waals surface area contributed by atoms with Crippen LogP contribution in [0, 0.1) is 6.92 Å². The van der Waals surface area contributed by atoms with E-state index >= 15 is 0 Å². The lowest BCUT2D eigenvalue weighted by molar-refractivity contribution is -0.274. The van der Waals surface area contributed by atoms with Crippen LogP contribution in [0.5, 0.6) is 5.75 Å². The minimum Gasteiger partial charge on any atom is -0.406 e. The van der Waals surface area contributed by atoms with Gasteiger partial charge in [-0.15, -0.1) is 13.2 Å². The highest BCUT2D eigenvalue weighted by molar-refractivity contribution is 7.92. The predicted octanol–water partition coefficient (Wildman–Crippen LogP) is 5.27. The average molecular weight is 478 g/mol. The third-order valence-electron chi connectivity index (χ3n) is 4.64. The zero-order valence-corrected chi connectivity index (χ0v) is 18.3. The fraction of sp³-hybridized carbons (Fsp3) is 0.174. The van der Waals surface area contributed by atoms with Crippen LogP contribution in [0.2, 0.25) is 0 Å². The number of alkyl halides is 3. The molecule has 3 aromatic carbocycles. The Morgan fingerprint density at radius 2 is 1.64 bits per heavy atom. The van der Waals surface area contributed by atoms with E-state index in [1.807, 2.05) is 0 Å². The van der Waals surface area contributed by atoms with Crippen LogP contribution >= 0.6 is 0 Å². The summed E-state index contributed by atoms with van der Waals surface area (Å²) in [7, 11) is -3.82. The Kier molecular flexibility index (Phi) is 7.27. The van der Waals surface area contributed by atoms with E-state index < -0.39 is 22.3 Å². The summed E-state index contributed by atoms with van der Waals surface area (Å²) in [5.41, 5.74) is 1.52. The van der Waals surface area contributed by atoms with Crippen molar-refractivity contribution in [3.63, 3.8) is 0 Å². The molecule has 0 fully saturated rings. The molecule has 0 saturated heterocycles. The molecule has 10 heteroatoms. The SMILES string of the molecule is Cc1ccc(NC(=O)CCc2ccccc2OC(F)(F)F)cc1NS(=O)(=O)c1ccccc1. The Bertz CT molecular complexity index is 1230. The van der Waals surface area contributed by atoms with Crippen molar-refractivity contribution in [3.05, 3.63) is 83.9 Å². The number of sulfonamides is 1. The number of hydrogen-bond acceptors (Lipinski definition) is 4. The smallest absolute Gasteiger partial charge is 0.406 e. The summed E-state index contributed by atoms with van der Waals surface area (Å²) in [6.07, 6.45) is -4.90. The second-order valence-corrected chi connectivity index (χ2v) is 8.83. The predicted molar refractivity (Wildman–Crippen MR) is 119 cm³/mol. The van der Waals surface area contributed by atoms with Crippen LogP contribution in [0.15, 0.2) is 77.7 Å². The fourth-order valence-electron chi connectivity index (χ4n) is 3.02. The van der Waals surface area contributed by atoms with Crippen molar-refractivity contribution in [2.24, 2.45) is 0 Å². The Morgan fingerprint density at radius 1 is 0.970 bits per heavy atom. The van der Waals surface area contributed by atoms with Crippen LogP contribution in [0.1, 0.15) is 17.5 Å². The van der Waals surface area contributed by atoms with Crippen LogP contribution in [0.4, 0.5) is 24.5 Å². The molecule has 0 unspecified atom stereocenters. The number of rotatable bonds is 8. The van der Waals surface area contributed by atoms with E-state index in [4.69, 9.17) is 0 Å². The maximum Gasteiger partial charge on any atom is 0.573 e. The molecule has 0 atom stereocenters. The Balaban J connectivity index is 1.67. The van der Waals surface area contributed by atoms with Gasteiger partial charge in [0.05, 0.1) is 10.6 Å². The van der Waals surface area contributed by atoms with Gasteiger partial charge in [0.2, 0.25) is 5.91 Å². The first-order valence-corrected chi connectivity index (χ1v) is 11.3. The van der Waals surface area contributed by atoms with Crippen LogP contribution in [0.3, 0.4) is 0 Å². The van der Waals surface area contributed by atoms with Crippen molar-refractivity contribution < 1.29 is 31.1 Å². The first kappa shape index (κ1) is 24.1. The van der Waals surface area contributed by atoms with Crippen molar-refractivity contribution in [1.29, 1.82) is 0 Å². The summed E-state index contributed by atoms with van der Waals surface area (Å²) in [6.45, 7) is 1.71. The van der Waals surface area contributed by atoms with Crippen LogP contribution in [0.25, 0.3) is 0 Å². The van der Waals surface area contributed by atoms with Gasteiger partial charge < -0.3 is 10.1 Å². The molecule has 3 rings (SSSR count). The van der Waals surface area contributed by atoms with E-state index in [0.717, 1.165) is 0 Å². The number of benzene rings is 3. The fourth-order valence-corrected chi connectivity index (χ4v) is 4.16. The molecule has 0 bridgehead atoms. The van der Waals surface area contributed by atoms with Gasteiger partial charge in [-0.05, 0) is 54.8 Å². The van der Waals surface area contributed by atoms with E-state index in [0.29, 0.717) is 16.9 Å². The standard InChI is InChI=1S/C23H21F3N2O4S/c1-16-11-13-18(15-20(16)28-33(30,31)19-8-3-2-4-9-19)27-22(29)14-12-17-7-5-6-10-21(17)32-23(24,25)26/h2-11,13,15,28H,12,14H2,1H3,(H,27,29). The largest absolute Gasteiger partial charge is 0.573 e. The van der Waals surface area contributed by atoms with E-state index in [2.05, 4.69) is 14.8 Å². The normalized spacial score (nSPS) is 11.6. The number of aryl methyl sites for hydroxylation is 2. The second kappa shape index (κ2) is 9.95. The van der Waals surface area contributed by atoms with Gasteiger partial charge >= 0.3 is 6.36 Å². The van der Waals surface area contributed by atoms with E-state index in [1.54, 1.807) is 43.3 Å². The number of carbonyl (C=O) groups is 1. The molecule has 6 nitrogen and oxygen atoms in total. The topological polar surface area (TPSA) is 84.5 Å².